The number of aliphatic hydroxyl groups excluding tert-OH is 2. The lowest BCUT2D eigenvalue weighted by atomic mass is 10.0. The van der Waals surface area contributed by atoms with Crippen molar-refractivity contribution in [2.45, 2.75) is 199 Å². The predicted octanol–water partition coefficient (Wildman–Crippen LogP) is 10.5. The van der Waals surface area contributed by atoms with Crippen molar-refractivity contribution in [3.8, 4) is 0 Å². The second-order valence-corrected chi connectivity index (χ2v) is 12.3. The summed E-state index contributed by atoms with van der Waals surface area (Å²) in [6, 6.07) is -0.631. The molecule has 1 amide bonds. The summed E-state index contributed by atoms with van der Waals surface area (Å²) in [5.41, 5.74) is 0. The van der Waals surface area contributed by atoms with E-state index in [0.29, 0.717) is 6.42 Å². The highest BCUT2D eigenvalue weighted by Gasteiger charge is 2.17. The molecule has 0 aromatic carbocycles. The molecule has 0 rings (SSSR count). The van der Waals surface area contributed by atoms with Gasteiger partial charge in [-0.25, -0.2) is 0 Å². The molecule has 41 heavy (non-hydrogen) atoms. The number of hydrogen-bond acceptors (Lipinski definition) is 3. The van der Waals surface area contributed by atoms with E-state index in [-0.39, 0.29) is 12.5 Å². The smallest absolute Gasteiger partial charge is 0.220 e. The van der Waals surface area contributed by atoms with Gasteiger partial charge in [0.25, 0.3) is 0 Å². The minimum Gasteiger partial charge on any atom is -0.394 e. The van der Waals surface area contributed by atoms with E-state index < -0.39 is 12.1 Å². The Morgan fingerprint density at radius 3 is 1.41 bits per heavy atom. The fraction of sp³-hybridized carbons (Fsp3) is 0.865. The van der Waals surface area contributed by atoms with Crippen LogP contribution in [-0.2, 0) is 4.79 Å². The highest BCUT2D eigenvalue weighted by atomic mass is 16.3. The van der Waals surface area contributed by atoms with Gasteiger partial charge in [0.05, 0.1) is 18.8 Å². The molecule has 2 unspecified atom stereocenters. The van der Waals surface area contributed by atoms with Crippen molar-refractivity contribution in [3.05, 3.63) is 24.3 Å². The Morgan fingerprint density at radius 2 is 0.951 bits per heavy atom. The summed E-state index contributed by atoms with van der Waals surface area (Å²) in [5, 5.41) is 22.8. The molecule has 3 N–H and O–H groups in total. The number of unbranched alkanes of at least 4 members (excludes halogenated alkanes) is 23. The molecular weight excluding hydrogens is 506 g/mol. The van der Waals surface area contributed by atoms with Crippen molar-refractivity contribution in [3.63, 3.8) is 0 Å². The number of amides is 1. The number of carbonyl (C=O) groups is 1. The number of allylic oxidation sites excluding steroid dienone is 3. The minimum atomic E-state index is -0.855. The van der Waals surface area contributed by atoms with E-state index in [1.54, 1.807) is 6.08 Å². The highest BCUT2D eigenvalue weighted by Crippen LogP contribution is 2.15. The van der Waals surface area contributed by atoms with Crippen LogP contribution in [-0.4, -0.2) is 34.9 Å². The Labute approximate surface area is 256 Å². The number of aliphatic hydroxyl groups is 2. The third kappa shape index (κ3) is 30.1. The van der Waals surface area contributed by atoms with Gasteiger partial charge in [-0.1, -0.05) is 173 Å². The monoisotopic (exact) mass is 578 g/mol. The van der Waals surface area contributed by atoms with Crippen LogP contribution in [0.25, 0.3) is 0 Å². The molecular formula is C37H71NO3. The summed E-state index contributed by atoms with van der Waals surface area (Å²) in [4.78, 5) is 12.3. The Morgan fingerprint density at radius 1 is 0.561 bits per heavy atom. The minimum absolute atomic E-state index is 0.0746. The fourth-order valence-electron chi connectivity index (χ4n) is 5.37. The third-order valence-corrected chi connectivity index (χ3v) is 8.19. The molecule has 0 bridgehead atoms. The van der Waals surface area contributed by atoms with E-state index in [2.05, 4.69) is 31.3 Å². The van der Waals surface area contributed by atoms with E-state index >= 15 is 0 Å². The molecule has 0 aliphatic heterocycles. The second kappa shape index (κ2) is 33.4. The topological polar surface area (TPSA) is 69.6 Å². The van der Waals surface area contributed by atoms with E-state index in [9.17, 15) is 15.0 Å². The van der Waals surface area contributed by atoms with Gasteiger partial charge in [0, 0.05) is 6.42 Å². The van der Waals surface area contributed by atoms with Crippen molar-refractivity contribution >= 4 is 5.91 Å². The second-order valence-electron chi connectivity index (χ2n) is 12.3. The first-order valence-corrected chi connectivity index (χ1v) is 18.1. The van der Waals surface area contributed by atoms with Crippen LogP contribution < -0.4 is 5.32 Å². The molecule has 0 saturated heterocycles. The van der Waals surface area contributed by atoms with Gasteiger partial charge < -0.3 is 15.5 Å². The largest absolute Gasteiger partial charge is 0.394 e. The maximum Gasteiger partial charge on any atom is 0.220 e. The first kappa shape index (κ1) is 39.9. The standard InChI is InChI=1S/C37H71NO3/c1-3-5-7-9-11-13-15-16-17-18-19-20-21-22-23-25-27-29-31-33-37(41)38-35(34-39)36(40)32-30-28-26-24-14-12-10-8-6-4-2/h14,24,30,32,35-36,39-40H,3-13,15-23,25-29,31,33-34H2,1-2H3,(H,38,41)/b24-14+,32-30+. The molecule has 4 nitrogen and oxygen atoms in total. The molecule has 242 valence electrons. The van der Waals surface area contributed by atoms with E-state index in [1.165, 1.54) is 135 Å². The summed E-state index contributed by atoms with van der Waals surface area (Å²) in [6.07, 6.45) is 41.2. The number of carbonyl (C=O) groups excluding carboxylic acids is 1. The summed E-state index contributed by atoms with van der Waals surface area (Å²) >= 11 is 0. The van der Waals surface area contributed by atoms with E-state index in [1.807, 2.05) is 6.08 Å². The Hall–Kier alpha value is -1.13. The molecule has 0 radical (unpaired) electrons. The zero-order chi connectivity index (χ0) is 30.1. The predicted molar refractivity (Wildman–Crippen MR) is 179 cm³/mol. The summed E-state index contributed by atoms with van der Waals surface area (Å²) in [7, 11) is 0. The van der Waals surface area contributed by atoms with Crippen molar-refractivity contribution in [2.75, 3.05) is 6.61 Å². The first-order chi connectivity index (χ1) is 20.2. The van der Waals surface area contributed by atoms with E-state index in [4.69, 9.17) is 0 Å². The van der Waals surface area contributed by atoms with Crippen molar-refractivity contribution in [2.24, 2.45) is 0 Å². The first-order valence-electron chi connectivity index (χ1n) is 18.1. The Bertz CT molecular complexity index is 589. The molecule has 0 heterocycles. The molecule has 0 aromatic rings. The average Bonchev–Trinajstić information content (AvgIpc) is 2.97. The lowest BCUT2D eigenvalue weighted by Gasteiger charge is -2.19. The van der Waals surface area contributed by atoms with Crippen LogP contribution in [0.1, 0.15) is 187 Å². The maximum absolute atomic E-state index is 12.3. The maximum atomic E-state index is 12.3. The van der Waals surface area contributed by atoms with Crippen LogP contribution >= 0.6 is 0 Å². The molecule has 0 saturated carbocycles. The molecule has 0 aromatic heterocycles. The average molecular weight is 578 g/mol. The summed E-state index contributed by atoms with van der Waals surface area (Å²) in [6.45, 7) is 4.26. The molecule has 0 aliphatic carbocycles. The molecule has 0 spiro atoms. The van der Waals surface area contributed by atoms with Gasteiger partial charge in [-0.2, -0.15) is 0 Å². The van der Waals surface area contributed by atoms with Gasteiger partial charge in [-0.05, 0) is 32.1 Å². The molecule has 0 fully saturated rings. The quantitative estimate of drug-likeness (QED) is 0.0550. The normalized spacial score (nSPS) is 13.4. The molecule has 2 atom stereocenters. The van der Waals surface area contributed by atoms with Gasteiger partial charge in [-0.15, -0.1) is 0 Å². The summed E-state index contributed by atoms with van der Waals surface area (Å²) < 4.78 is 0. The fourth-order valence-corrected chi connectivity index (χ4v) is 5.37. The highest BCUT2D eigenvalue weighted by molar-refractivity contribution is 5.76. The van der Waals surface area contributed by atoms with Crippen LogP contribution in [0, 0.1) is 0 Å². The van der Waals surface area contributed by atoms with Crippen molar-refractivity contribution in [1.82, 2.24) is 5.32 Å². The van der Waals surface area contributed by atoms with Crippen LogP contribution in [0.3, 0.4) is 0 Å². The van der Waals surface area contributed by atoms with Crippen LogP contribution in [0.2, 0.25) is 0 Å². The number of hydrogen-bond donors (Lipinski definition) is 3. The SMILES string of the molecule is CCCCCC/C=C/CC/C=C/C(O)C(CO)NC(=O)CCCCCCCCCCCCCCCCCCCCC. The van der Waals surface area contributed by atoms with Gasteiger partial charge in [-0.3, -0.25) is 4.79 Å². The van der Waals surface area contributed by atoms with Crippen LogP contribution in [0.5, 0.6) is 0 Å². The van der Waals surface area contributed by atoms with Gasteiger partial charge in [0.1, 0.15) is 0 Å². The zero-order valence-electron chi connectivity index (χ0n) is 27.6. The van der Waals surface area contributed by atoms with Gasteiger partial charge >= 0.3 is 0 Å². The third-order valence-electron chi connectivity index (χ3n) is 8.19. The van der Waals surface area contributed by atoms with Crippen molar-refractivity contribution < 1.29 is 15.0 Å². The van der Waals surface area contributed by atoms with Crippen LogP contribution in [0.4, 0.5) is 0 Å². The summed E-state index contributed by atoms with van der Waals surface area (Å²) in [5.74, 6) is -0.0746. The van der Waals surface area contributed by atoms with E-state index in [0.717, 1.165) is 32.1 Å². The molecule has 0 aliphatic rings. The lowest BCUT2D eigenvalue weighted by molar-refractivity contribution is -0.123. The van der Waals surface area contributed by atoms with Gasteiger partial charge in [0.15, 0.2) is 0 Å². The number of rotatable bonds is 32. The lowest BCUT2D eigenvalue weighted by Crippen LogP contribution is -2.45. The zero-order valence-corrected chi connectivity index (χ0v) is 27.6. The Balaban J connectivity index is 3.57. The van der Waals surface area contributed by atoms with Crippen molar-refractivity contribution in [1.29, 1.82) is 0 Å². The Kier molecular flexibility index (Phi) is 32.5. The van der Waals surface area contributed by atoms with Gasteiger partial charge in [0.2, 0.25) is 5.91 Å². The number of nitrogens with one attached hydrogen (secondary N) is 1. The molecule has 4 heteroatoms. The van der Waals surface area contributed by atoms with Crippen LogP contribution in [0.15, 0.2) is 24.3 Å².